The Labute approximate surface area is 236 Å². The maximum Gasteiger partial charge on any atom is 0.237 e. The number of rotatable bonds is 14. The van der Waals surface area contributed by atoms with Crippen LogP contribution in [0, 0.1) is 0 Å². The van der Waals surface area contributed by atoms with E-state index < -0.39 is 12.1 Å². The molecule has 7 N–H and O–H groups in total. The highest BCUT2D eigenvalue weighted by molar-refractivity contribution is 5.94. The molecule has 0 saturated carbocycles. The molecule has 0 radical (unpaired) electrons. The van der Waals surface area contributed by atoms with Crippen LogP contribution in [0.3, 0.4) is 0 Å². The van der Waals surface area contributed by atoms with E-state index in [1.54, 1.807) is 6.20 Å². The number of hydrogen-bond donors (Lipinski definition) is 4. The Bertz CT molecular complexity index is 1450. The van der Waals surface area contributed by atoms with Gasteiger partial charge in [-0.2, -0.15) is 0 Å². The molecular formula is C32H41N6O2+. The van der Waals surface area contributed by atoms with Crippen molar-refractivity contribution in [1.29, 1.82) is 0 Å². The molecule has 4 aromatic rings. The number of amides is 1. The first kappa shape index (κ1) is 29.3. The highest BCUT2D eigenvalue weighted by Gasteiger charge is 2.27. The molecule has 8 nitrogen and oxygen atoms in total. The monoisotopic (exact) mass is 541 g/mol. The van der Waals surface area contributed by atoms with Crippen molar-refractivity contribution in [3.63, 3.8) is 0 Å². The van der Waals surface area contributed by atoms with E-state index >= 15 is 0 Å². The topological polar surface area (TPSA) is 137 Å². The predicted molar refractivity (Wildman–Crippen MR) is 161 cm³/mol. The number of nitrogens with zero attached hydrogens (tertiary/aromatic N) is 2. The lowest BCUT2D eigenvalue weighted by molar-refractivity contribution is -0.907. The van der Waals surface area contributed by atoms with Gasteiger partial charge in [-0.15, -0.1) is 0 Å². The first-order valence-corrected chi connectivity index (χ1v) is 14.0. The molecule has 0 bridgehead atoms. The number of pyridine rings is 1. The van der Waals surface area contributed by atoms with Crippen molar-refractivity contribution >= 4 is 33.4 Å². The second-order valence-electron chi connectivity index (χ2n) is 10.8. The number of benzene rings is 3. The zero-order chi connectivity index (χ0) is 28.5. The number of carbonyl (C=O) groups is 2. The fourth-order valence-corrected chi connectivity index (χ4v) is 5.29. The number of aromatic nitrogens is 1. The van der Waals surface area contributed by atoms with Crippen LogP contribution in [0.15, 0.2) is 79.0 Å². The Balaban J connectivity index is 1.51. The lowest BCUT2D eigenvalue weighted by Crippen LogP contribution is -2.51. The molecule has 0 aliphatic rings. The SMILES string of the molecule is C[N+](CCN)(CCN)CCCC(N)C(=O)N[C@H](C(=O)Cc1cnc2ccccc2c1)c1ccc2ccccc2c1. The number of fused-ring (bicyclic) bond motifs is 2. The van der Waals surface area contributed by atoms with Crippen molar-refractivity contribution in [3.8, 4) is 0 Å². The number of Topliss-reactive ketones (excluding diaryl/α,β-unsaturated/α-hetero) is 1. The quantitative estimate of drug-likeness (QED) is 0.181. The second-order valence-corrected chi connectivity index (χ2v) is 10.8. The number of ketones is 1. The van der Waals surface area contributed by atoms with E-state index in [0.717, 1.165) is 63.3 Å². The molecule has 0 spiro atoms. The molecule has 1 amide bonds. The number of nitrogens with one attached hydrogen (secondary N) is 1. The molecule has 3 aromatic carbocycles. The molecule has 40 heavy (non-hydrogen) atoms. The van der Waals surface area contributed by atoms with Gasteiger partial charge in [0.15, 0.2) is 5.78 Å². The van der Waals surface area contributed by atoms with Gasteiger partial charge in [0.05, 0.1) is 38.2 Å². The molecule has 0 saturated heterocycles. The summed E-state index contributed by atoms with van der Waals surface area (Å²) >= 11 is 0. The van der Waals surface area contributed by atoms with E-state index in [1.165, 1.54) is 0 Å². The summed E-state index contributed by atoms with van der Waals surface area (Å²) in [4.78, 5) is 31.5. The van der Waals surface area contributed by atoms with Gasteiger partial charge in [-0.25, -0.2) is 0 Å². The normalized spacial score (nSPS) is 13.3. The van der Waals surface area contributed by atoms with E-state index in [0.29, 0.717) is 19.5 Å². The molecule has 0 fully saturated rings. The van der Waals surface area contributed by atoms with Crippen LogP contribution in [0.1, 0.15) is 30.0 Å². The van der Waals surface area contributed by atoms with Crippen molar-refractivity contribution in [2.75, 3.05) is 39.8 Å². The van der Waals surface area contributed by atoms with Gasteiger partial charge in [0, 0.05) is 31.1 Å². The van der Waals surface area contributed by atoms with Crippen molar-refractivity contribution in [2.45, 2.75) is 31.3 Å². The summed E-state index contributed by atoms with van der Waals surface area (Å²) in [6.07, 6.45) is 3.12. The van der Waals surface area contributed by atoms with Crippen LogP contribution in [-0.4, -0.2) is 67.0 Å². The smallest absolute Gasteiger partial charge is 0.237 e. The Hall–Kier alpha value is -3.69. The lowest BCUT2D eigenvalue weighted by atomic mass is 9.95. The van der Waals surface area contributed by atoms with Gasteiger partial charge in [-0.3, -0.25) is 14.6 Å². The van der Waals surface area contributed by atoms with Gasteiger partial charge in [0.1, 0.15) is 6.04 Å². The average molecular weight is 542 g/mol. The summed E-state index contributed by atoms with van der Waals surface area (Å²) in [6, 6.07) is 22.0. The van der Waals surface area contributed by atoms with Crippen molar-refractivity contribution in [1.82, 2.24) is 10.3 Å². The number of quaternary nitrogens is 1. The van der Waals surface area contributed by atoms with Crippen LogP contribution in [0.25, 0.3) is 21.7 Å². The first-order valence-electron chi connectivity index (χ1n) is 14.0. The van der Waals surface area contributed by atoms with Crippen LogP contribution in [0.5, 0.6) is 0 Å². The van der Waals surface area contributed by atoms with Crippen LogP contribution >= 0.6 is 0 Å². The van der Waals surface area contributed by atoms with Crippen molar-refractivity contribution in [2.24, 2.45) is 17.2 Å². The standard InChI is InChI=1S/C32H40N6O2/c1-38(17-14-33,18-15-34)16-6-10-28(35)32(40)37-31(27-13-12-24-7-2-3-8-25(24)21-27)30(39)20-23-19-26-9-4-5-11-29(26)36-22-23/h2-5,7-9,11-13,19,21-22,28,31H,6,10,14-18,20,33-35H2,1H3/p+1/t28?,31-/m0/s1. The van der Waals surface area contributed by atoms with Crippen molar-refractivity contribution in [3.05, 3.63) is 90.1 Å². The molecule has 2 atom stereocenters. The Morgan fingerprint density at radius 3 is 2.27 bits per heavy atom. The zero-order valence-electron chi connectivity index (χ0n) is 23.3. The van der Waals surface area contributed by atoms with Crippen LogP contribution in [0.2, 0.25) is 0 Å². The summed E-state index contributed by atoms with van der Waals surface area (Å²) in [6.45, 7) is 3.62. The molecule has 0 aliphatic heterocycles. The Morgan fingerprint density at radius 1 is 0.875 bits per heavy atom. The van der Waals surface area contributed by atoms with E-state index in [1.807, 2.05) is 72.8 Å². The highest BCUT2D eigenvalue weighted by Crippen LogP contribution is 2.23. The maximum absolute atomic E-state index is 13.7. The molecule has 1 unspecified atom stereocenters. The zero-order valence-corrected chi connectivity index (χ0v) is 23.3. The highest BCUT2D eigenvalue weighted by atomic mass is 16.2. The van der Waals surface area contributed by atoms with E-state index in [4.69, 9.17) is 17.2 Å². The van der Waals surface area contributed by atoms with Gasteiger partial charge in [0.2, 0.25) is 5.91 Å². The fraction of sp³-hybridized carbons (Fsp3) is 0.344. The Kier molecular flexibility index (Phi) is 9.95. The van der Waals surface area contributed by atoms with Crippen LogP contribution in [0.4, 0.5) is 0 Å². The molecular weight excluding hydrogens is 500 g/mol. The maximum atomic E-state index is 13.7. The second kappa shape index (κ2) is 13.6. The molecule has 1 heterocycles. The first-order chi connectivity index (χ1) is 19.3. The molecule has 8 heteroatoms. The number of carbonyl (C=O) groups excluding carboxylic acids is 2. The third kappa shape index (κ3) is 7.49. The minimum absolute atomic E-state index is 0.122. The Morgan fingerprint density at radius 2 is 1.55 bits per heavy atom. The average Bonchev–Trinajstić information content (AvgIpc) is 2.95. The van der Waals surface area contributed by atoms with Gasteiger partial charge >= 0.3 is 0 Å². The number of hydrogen-bond acceptors (Lipinski definition) is 6. The van der Waals surface area contributed by atoms with E-state index in [9.17, 15) is 9.59 Å². The predicted octanol–water partition coefficient (Wildman–Crippen LogP) is 2.83. The summed E-state index contributed by atoms with van der Waals surface area (Å²) in [5.74, 6) is -0.460. The third-order valence-electron chi connectivity index (χ3n) is 7.63. The summed E-state index contributed by atoms with van der Waals surface area (Å²) < 4.78 is 0.749. The largest absolute Gasteiger partial charge is 0.341 e. The molecule has 1 aromatic heterocycles. The minimum Gasteiger partial charge on any atom is -0.341 e. The van der Waals surface area contributed by atoms with E-state index in [-0.39, 0.29) is 18.1 Å². The summed E-state index contributed by atoms with van der Waals surface area (Å²) in [5.41, 5.74) is 20.3. The van der Waals surface area contributed by atoms with Crippen LogP contribution < -0.4 is 22.5 Å². The summed E-state index contributed by atoms with van der Waals surface area (Å²) in [7, 11) is 2.13. The molecule has 210 valence electrons. The third-order valence-corrected chi connectivity index (χ3v) is 7.63. The number of para-hydroxylation sites is 1. The number of nitrogens with two attached hydrogens (primary N) is 3. The molecule has 0 aliphatic carbocycles. The van der Waals surface area contributed by atoms with Gasteiger partial charge in [-0.05, 0) is 52.9 Å². The van der Waals surface area contributed by atoms with Gasteiger partial charge in [-0.1, -0.05) is 54.6 Å². The summed E-state index contributed by atoms with van der Waals surface area (Å²) in [5, 5.41) is 6.01. The van der Waals surface area contributed by atoms with Gasteiger partial charge < -0.3 is 27.0 Å². The van der Waals surface area contributed by atoms with Crippen molar-refractivity contribution < 1.29 is 14.1 Å². The fourth-order valence-electron chi connectivity index (χ4n) is 5.29. The molecule has 4 rings (SSSR count). The minimum atomic E-state index is -0.829. The number of likely N-dealkylation sites (N-methyl/N-ethyl adjacent to an activating group) is 1. The van der Waals surface area contributed by atoms with Gasteiger partial charge in [0.25, 0.3) is 0 Å². The lowest BCUT2D eigenvalue weighted by Gasteiger charge is -2.34. The van der Waals surface area contributed by atoms with Crippen LogP contribution in [-0.2, 0) is 16.0 Å². The van der Waals surface area contributed by atoms with E-state index in [2.05, 4.69) is 17.3 Å².